The Morgan fingerprint density at radius 1 is 1.21 bits per heavy atom. The van der Waals surface area contributed by atoms with Gasteiger partial charge in [0.1, 0.15) is 11.0 Å². The summed E-state index contributed by atoms with van der Waals surface area (Å²) in [6.45, 7) is 0. The second-order valence-electron chi connectivity index (χ2n) is 3.00. The molecule has 1 aromatic carbocycles. The summed E-state index contributed by atoms with van der Waals surface area (Å²) < 4.78 is 11.3. The minimum atomic E-state index is -0.820. The van der Waals surface area contributed by atoms with Gasteiger partial charge in [-0.3, -0.25) is 0 Å². The standard InChI is InChI=1S/C9H6Cl3OS/c10-6-3-5(4-7(11)9(6)12)8-1-2-14(8)13/h1,3-4,8H,2H2. The molecule has 0 amide bonds. The highest BCUT2D eigenvalue weighted by molar-refractivity contribution is 7.93. The van der Waals surface area contributed by atoms with Gasteiger partial charge < -0.3 is 4.55 Å². The van der Waals surface area contributed by atoms with E-state index in [0.29, 0.717) is 20.8 Å². The lowest BCUT2D eigenvalue weighted by molar-refractivity contribution is 0.576. The van der Waals surface area contributed by atoms with Crippen LogP contribution >= 0.6 is 34.8 Å². The van der Waals surface area contributed by atoms with E-state index in [2.05, 4.69) is 0 Å². The van der Waals surface area contributed by atoms with Crippen LogP contribution in [-0.4, -0.2) is 10.3 Å². The highest BCUT2D eigenvalue weighted by atomic mass is 35.5. The Balaban J connectivity index is 2.35. The summed E-state index contributed by atoms with van der Waals surface area (Å²) in [7, 11) is 0. The largest absolute Gasteiger partial charge is 0.616 e. The Kier molecular flexibility index (Phi) is 3.20. The van der Waals surface area contributed by atoms with Crippen LogP contribution in [0.5, 0.6) is 0 Å². The first-order chi connectivity index (χ1) is 6.59. The molecule has 5 heteroatoms. The summed E-state index contributed by atoms with van der Waals surface area (Å²) in [6.07, 6.45) is 1.98. The molecule has 14 heavy (non-hydrogen) atoms. The van der Waals surface area contributed by atoms with E-state index in [0.717, 1.165) is 5.56 Å². The molecule has 0 aromatic heterocycles. The lowest BCUT2D eigenvalue weighted by Gasteiger charge is -2.29. The Labute approximate surface area is 101 Å². The van der Waals surface area contributed by atoms with Crippen LogP contribution in [0.25, 0.3) is 0 Å². The number of halogens is 3. The molecule has 2 unspecified atom stereocenters. The molecule has 75 valence electrons. The van der Waals surface area contributed by atoms with Gasteiger partial charge in [-0.25, -0.2) is 0 Å². The van der Waals surface area contributed by atoms with E-state index in [1.54, 1.807) is 12.1 Å². The van der Waals surface area contributed by atoms with E-state index >= 15 is 0 Å². The van der Waals surface area contributed by atoms with Crippen molar-refractivity contribution in [2.45, 2.75) is 5.25 Å². The quantitative estimate of drug-likeness (QED) is 0.563. The zero-order valence-corrected chi connectivity index (χ0v) is 10.1. The predicted octanol–water partition coefficient (Wildman–Crippen LogP) is 3.65. The van der Waals surface area contributed by atoms with Crippen LogP contribution in [0, 0.1) is 6.42 Å². The average Bonchev–Trinajstić information content (AvgIpc) is 2.11. The fraction of sp³-hybridized carbons (Fsp3) is 0.222. The van der Waals surface area contributed by atoms with Gasteiger partial charge in [-0.1, -0.05) is 34.8 Å². The smallest absolute Gasteiger partial charge is 0.148 e. The van der Waals surface area contributed by atoms with Crippen LogP contribution in [0.4, 0.5) is 0 Å². The zero-order valence-electron chi connectivity index (χ0n) is 6.97. The van der Waals surface area contributed by atoms with Crippen molar-refractivity contribution in [2.75, 3.05) is 5.75 Å². The molecule has 1 aromatic rings. The highest BCUT2D eigenvalue weighted by Crippen LogP contribution is 2.40. The van der Waals surface area contributed by atoms with Crippen molar-refractivity contribution in [1.82, 2.24) is 0 Å². The van der Waals surface area contributed by atoms with E-state index in [1.165, 1.54) is 0 Å². The summed E-state index contributed by atoms with van der Waals surface area (Å²) in [5.41, 5.74) is 0.869. The van der Waals surface area contributed by atoms with Crippen LogP contribution in [0.2, 0.25) is 15.1 Å². The summed E-state index contributed by atoms with van der Waals surface area (Å²) in [6, 6.07) is 3.43. The molecule has 2 rings (SSSR count). The molecule has 1 nitrogen and oxygen atoms in total. The van der Waals surface area contributed by atoms with Gasteiger partial charge in [0.25, 0.3) is 0 Å². The summed E-state index contributed by atoms with van der Waals surface area (Å²) in [4.78, 5) is 0. The molecule has 2 atom stereocenters. The third-order valence-corrected chi connectivity index (χ3v) is 4.84. The van der Waals surface area contributed by atoms with Gasteiger partial charge in [0.2, 0.25) is 0 Å². The predicted molar refractivity (Wildman–Crippen MR) is 61.5 cm³/mol. The molecule has 1 saturated heterocycles. The monoisotopic (exact) mass is 267 g/mol. The van der Waals surface area contributed by atoms with Crippen molar-refractivity contribution in [3.63, 3.8) is 0 Å². The molecule has 0 spiro atoms. The maximum absolute atomic E-state index is 11.3. The Morgan fingerprint density at radius 2 is 1.79 bits per heavy atom. The molecule has 0 aliphatic carbocycles. The Morgan fingerprint density at radius 3 is 2.14 bits per heavy atom. The second-order valence-corrected chi connectivity index (χ2v) is 5.80. The normalized spacial score (nSPS) is 26.0. The van der Waals surface area contributed by atoms with Crippen molar-refractivity contribution in [1.29, 1.82) is 0 Å². The van der Waals surface area contributed by atoms with Gasteiger partial charge in [-0.15, -0.1) is 0 Å². The van der Waals surface area contributed by atoms with Crippen molar-refractivity contribution < 1.29 is 4.55 Å². The lowest BCUT2D eigenvalue weighted by Crippen LogP contribution is -2.29. The van der Waals surface area contributed by atoms with Gasteiger partial charge in [0.05, 0.1) is 21.5 Å². The maximum Gasteiger partial charge on any atom is 0.148 e. The summed E-state index contributed by atoms with van der Waals surface area (Å²) >= 11 is 16.7. The topological polar surface area (TPSA) is 23.1 Å². The molecule has 1 heterocycles. The minimum Gasteiger partial charge on any atom is -0.616 e. The third kappa shape index (κ3) is 1.86. The third-order valence-electron chi connectivity index (χ3n) is 2.09. The number of hydrogen-bond acceptors (Lipinski definition) is 1. The molecule has 0 N–H and O–H groups in total. The molecule has 0 saturated carbocycles. The Hall–Kier alpha value is 0.400. The van der Waals surface area contributed by atoms with Crippen molar-refractivity contribution in [3.8, 4) is 0 Å². The molecule has 1 aliphatic heterocycles. The van der Waals surface area contributed by atoms with E-state index in [-0.39, 0.29) is 5.25 Å². The molecular weight excluding hydrogens is 263 g/mol. The molecular formula is C9H6Cl3OS. The van der Waals surface area contributed by atoms with Crippen LogP contribution in [-0.2, 0) is 11.2 Å². The van der Waals surface area contributed by atoms with Gasteiger partial charge in [-0.2, -0.15) is 0 Å². The first-order valence-corrected chi connectivity index (χ1v) is 6.46. The van der Waals surface area contributed by atoms with Gasteiger partial charge in [0.15, 0.2) is 0 Å². The van der Waals surface area contributed by atoms with E-state index < -0.39 is 11.2 Å². The maximum atomic E-state index is 11.3. The molecule has 1 aliphatic rings. The van der Waals surface area contributed by atoms with Crippen molar-refractivity contribution >= 4 is 46.0 Å². The highest BCUT2D eigenvalue weighted by Gasteiger charge is 2.35. The first-order valence-electron chi connectivity index (χ1n) is 3.94. The van der Waals surface area contributed by atoms with E-state index in [4.69, 9.17) is 34.8 Å². The number of benzene rings is 1. The Bertz CT molecular complexity index is 346. The average molecular weight is 269 g/mol. The molecule has 1 fully saturated rings. The molecule has 1 radical (unpaired) electrons. The second kappa shape index (κ2) is 4.11. The molecule has 0 bridgehead atoms. The number of hydrogen-bond donors (Lipinski definition) is 0. The minimum absolute atomic E-state index is 0.0396. The van der Waals surface area contributed by atoms with Crippen molar-refractivity contribution in [3.05, 3.63) is 39.2 Å². The lowest BCUT2D eigenvalue weighted by atomic mass is 10.1. The van der Waals surface area contributed by atoms with Gasteiger partial charge in [-0.05, 0) is 23.3 Å². The van der Waals surface area contributed by atoms with E-state index in [9.17, 15) is 4.55 Å². The first kappa shape index (κ1) is 10.9. The van der Waals surface area contributed by atoms with Crippen LogP contribution in [0.15, 0.2) is 12.1 Å². The van der Waals surface area contributed by atoms with E-state index in [1.807, 2.05) is 6.42 Å². The van der Waals surface area contributed by atoms with Crippen LogP contribution < -0.4 is 0 Å². The fourth-order valence-corrected chi connectivity index (χ4v) is 2.89. The van der Waals surface area contributed by atoms with Crippen LogP contribution in [0.1, 0.15) is 10.8 Å². The zero-order chi connectivity index (χ0) is 10.3. The van der Waals surface area contributed by atoms with Crippen LogP contribution in [0.3, 0.4) is 0 Å². The van der Waals surface area contributed by atoms with Gasteiger partial charge in [0, 0.05) is 5.56 Å². The van der Waals surface area contributed by atoms with Crippen molar-refractivity contribution in [2.24, 2.45) is 0 Å². The van der Waals surface area contributed by atoms with Gasteiger partial charge >= 0.3 is 0 Å². The number of rotatable bonds is 1. The fourth-order valence-electron chi connectivity index (χ4n) is 1.30. The SMILES string of the molecule is [O-][S+]1C[CH]C1c1cc(Cl)c(Cl)c(Cl)c1. The summed E-state index contributed by atoms with van der Waals surface area (Å²) in [5.74, 6) is 0.641. The summed E-state index contributed by atoms with van der Waals surface area (Å²) in [5, 5.41) is 1.13.